The molecular weight excluding hydrogens is 227 g/mol. The van der Waals surface area contributed by atoms with Crippen LogP contribution in [0.5, 0.6) is 0 Å². The Hall–Kier alpha value is -0.930. The molecule has 18 heavy (non-hydrogen) atoms. The molecule has 2 atom stereocenters. The highest BCUT2D eigenvalue weighted by atomic mass is 19.1. The van der Waals surface area contributed by atoms with Crippen molar-refractivity contribution in [1.29, 1.82) is 0 Å². The molecule has 1 aliphatic rings. The predicted octanol–water partition coefficient (Wildman–Crippen LogP) is 2.96. The van der Waals surface area contributed by atoms with Gasteiger partial charge in [-0.25, -0.2) is 4.39 Å². The van der Waals surface area contributed by atoms with E-state index >= 15 is 0 Å². The van der Waals surface area contributed by atoms with Gasteiger partial charge in [0.25, 0.3) is 0 Å². The van der Waals surface area contributed by atoms with E-state index in [0.717, 1.165) is 25.1 Å². The van der Waals surface area contributed by atoms with Crippen molar-refractivity contribution in [2.75, 3.05) is 20.1 Å². The summed E-state index contributed by atoms with van der Waals surface area (Å²) in [5, 5.41) is 3.27. The van der Waals surface area contributed by atoms with Crippen LogP contribution in [0.4, 0.5) is 4.39 Å². The third-order valence-electron chi connectivity index (χ3n) is 3.88. The van der Waals surface area contributed by atoms with Crippen LogP contribution in [0.25, 0.3) is 0 Å². The van der Waals surface area contributed by atoms with Crippen molar-refractivity contribution >= 4 is 0 Å². The summed E-state index contributed by atoms with van der Waals surface area (Å²) >= 11 is 0. The normalized spacial score (nSPS) is 22.3. The molecule has 1 aromatic carbocycles. The van der Waals surface area contributed by atoms with Gasteiger partial charge in [0.05, 0.1) is 0 Å². The molecule has 1 fully saturated rings. The van der Waals surface area contributed by atoms with Gasteiger partial charge in [-0.05, 0) is 50.6 Å². The Bertz CT molecular complexity index is 381. The highest BCUT2D eigenvalue weighted by Gasteiger charge is 2.30. The van der Waals surface area contributed by atoms with Gasteiger partial charge in [0.2, 0.25) is 0 Å². The van der Waals surface area contributed by atoms with E-state index in [1.165, 1.54) is 18.9 Å². The molecule has 0 spiro atoms. The molecule has 0 saturated carbocycles. The second-order valence-corrected chi connectivity index (χ2v) is 5.07. The first-order chi connectivity index (χ1) is 8.76. The van der Waals surface area contributed by atoms with E-state index in [1.54, 1.807) is 6.07 Å². The maximum absolute atomic E-state index is 13.4. The van der Waals surface area contributed by atoms with Crippen LogP contribution in [-0.2, 0) is 0 Å². The lowest BCUT2D eigenvalue weighted by molar-refractivity contribution is 0.173. The van der Waals surface area contributed by atoms with Crippen LogP contribution >= 0.6 is 0 Å². The van der Waals surface area contributed by atoms with E-state index in [9.17, 15) is 4.39 Å². The summed E-state index contributed by atoms with van der Waals surface area (Å²) in [5.41, 5.74) is 1.11. The lowest BCUT2D eigenvalue weighted by Gasteiger charge is -2.33. The topological polar surface area (TPSA) is 15.3 Å². The molecule has 1 aromatic rings. The van der Waals surface area contributed by atoms with E-state index < -0.39 is 0 Å². The molecule has 100 valence electrons. The molecule has 1 saturated heterocycles. The third kappa shape index (κ3) is 2.90. The van der Waals surface area contributed by atoms with E-state index in [2.05, 4.69) is 17.1 Å². The van der Waals surface area contributed by atoms with Gasteiger partial charge in [-0.15, -0.1) is 0 Å². The van der Waals surface area contributed by atoms with Crippen molar-refractivity contribution < 1.29 is 4.39 Å². The Balaban J connectivity index is 2.17. The molecule has 1 aliphatic heterocycles. The van der Waals surface area contributed by atoms with Crippen LogP contribution in [-0.4, -0.2) is 31.1 Å². The van der Waals surface area contributed by atoms with Gasteiger partial charge >= 0.3 is 0 Å². The van der Waals surface area contributed by atoms with Crippen molar-refractivity contribution in [1.82, 2.24) is 10.2 Å². The molecule has 1 heterocycles. The van der Waals surface area contributed by atoms with Gasteiger partial charge in [-0.2, -0.15) is 0 Å². The lowest BCUT2D eigenvalue weighted by Crippen LogP contribution is -2.39. The number of nitrogens with zero attached hydrogens (tertiary/aromatic N) is 1. The standard InChI is InChI=1S/C15H23FN2/c1-3-15(12-6-4-7-13(16)10-12)18-9-5-8-14(18)11-17-2/h4,6-7,10,14-15,17H,3,5,8-9,11H2,1-2H3. The summed E-state index contributed by atoms with van der Waals surface area (Å²) in [6.07, 6.45) is 3.52. The Kier molecular flexibility index (Phi) is 4.72. The van der Waals surface area contributed by atoms with Crippen LogP contribution < -0.4 is 5.32 Å². The van der Waals surface area contributed by atoms with E-state index in [0.29, 0.717) is 12.1 Å². The fourth-order valence-electron chi connectivity index (χ4n) is 3.10. The minimum atomic E-state index is -0.129. The Morgan fingerprint density at radius 1 is 1.50 bits per heavy atom. The highest BCUT2D eigenvalue weighted by molar-refractivity contribution is 5.20. The number of hydrogen-bond donors (Lipinski definition) is 1. The first-order valence-corrected chi connectivity index (χ1v) is 6.92. The zero-order valence-corrected chi connectivity index (χ0v) is 11.3. The van der Waals surface area contributed by atoms with Crippen molar-refractivity contribution in [3.8, 4) is 0 Å². The maximum Gasteiger partial charge on any atom is 0.123 e. The molecular formula is C15H23FN2. The maximum atomic E-state index is 13.4. The second-order valence-electron chi connectivity index (χ2n) is 5.07. The SMILES string of the molecule is CCC(c1cccc(F)c1)N1CCCC1CNC. The quantitative estimate of drug-likeness (QED) is 0.864. The van der Waals surface area contributed by atoms with Crippen LogP contribution in [0, 0.1) is 5.82 Å². The minimum Gasteiger partial charge on any atom is -0.318 e. The Morgan fingerprint density at radius 3 is 3.00 bits per heavy atom. The number of benzene rings is 1. The molecule has 3 heteroatoms. The second kappa shape index (κ2) is 6.30. The predicted molar refractivity (Wildman–Crippen MR) is 73.1 cm³/mol. The van der Waals surface area contributed by atoms with Crippen molar-refractivity contribution in [2.45, 2.75) is 38.3 Å². The van der Waals surface area contributed by atoms with Crippen LogP contribution in [0.3, 0.4) is 0 Å². The summed E-state index contributed by atoms with van der Waals surface area (Å²) in [5.74, 6) is -0.129. The minimum absolute atomic E-state index is 0.129. The van der Waals surface area contributed by atoms with E-state index in [1.807, 2.05) is 19.2 Å². The van der Waals surface area contributed by atoms with Crippen molar-refractivity contribution in [3.05, 3.63) is 35.6 Å². The molecule has 0 bridgehead atoms. The van der Waals surface area contributed by atoms with Crippen molar-refractivity contribution in [3.63, 3.8) is 0 Å². The molecule has 2 nitrogen and oxygen atoms in total. The molecule has 2 unspecified atom stereocenters. The fraction of sp³-hybridized carbons (Fsp3) is 0.600. The number of likely N-dealkylation sites (N-methyl/N-ethyl adjacent to an activating group) is 1. The van der Waals surface area contributed by atoms with E-state index in [-0.39, 0.29) is 5.82 Å². The molecule has 0 amide bonds. The number of halogens is 1. The summed E-state index contributed by atoms with van der Waals surface area (Å²) in [6, 6.07) is 8.00. The first-order valence-electron chi connectivity index (χ1n) is 6.92. The number of nitrogens with one attached hydrogen (secondary N) is 1. The van der Waals surface area contributed by atoms with Gasteiger partial charge in [0.1, 0.15) is 5.82 Å². The summed E-state index contributed by atoms with van der Waals surface area (Å²) in [4.78, 5) is 2.53. The lowest BCUT2D eigenvalue weighted by atomic mass is 10.0. The monoisotopic (exact) mass is 250 g/mol. The van der Waals surface area contributed by atoms with Gasteiger partial charge in [0.15, 0.2) is 0 Å². The number of likely N-dealkylation sites (tertiary alicyclic amines) is 1. The van der Waals surface area contributed by atoms with E-state index in [4.69, 9.17) is 0 Å². The molecule has 0 aliphatic carbocycles. The molecule has 1 N–H and O–H groups in total. The molecule has 0 aromatic heterocycles. The zero-order chi connectivity index (χ0) is 13.0. The first kappa shape index (κ1) is 13.5. The highest BCUT2D eigenvalue weighted by Crippen LogP contribution is 2.31. The summed E-state index contributed by atoms with van der Waals surface area (Å²) in [7, 11) is 2.00. The van der Waals surface area contributed by atoms with Crippen molar-refractivity contribution in [2.24, 2.45) is 0 Å². The van der Waals surface area contributed by atoms with Gasteiger partial charge in [-0.3, -0.25) is 4.90 Å². The van der Waals surface area contributed by atoms with Crippen LogP contribution in [0.2, 0.25) is 0 Å². The van der Waals surface area contributed by atoms with Gasteiger partial charge in [-0.1, -0.05) is 19.1 Å². The Morgan fingerprint density at radius 2 is 2.33 bits per heavy atom. The summed E-state index contributed by atoms with van der Waals surface area (Å²) in [6.45, 7) is 4.33. The average molecular weight is 250 g/mol. The summed E-state index contributed by atoms with van der Waals surface area (Å²) < 4.78 is 13.4. The average Bonchev–Trinajstić information content (AvgIpc) is 2.79. The van der Waals surface area contributed by atoms with Crippen LogP contribution in [0.15, 0.2) is 24.3 Å². The largest absolute Gasteiger partial charge is 0.318 e. The zero-order valence-electron chi connectivity index (χ0n) is 11.3. The number of rotatable bonds is 5. The van der Waals surface area contributed by atoms with Crippen LogP contribution in [0.1, 0.15) is 37.8 Å². The smallest absolute Gasteiger partial charge is 0.123 e. The Labute approximate surface area is 109 Å². The van der Waals surface area contributed by atoms with Gasteiger partial charge in [0, 0.05) is 18.6 Å². The van der Waals surface area contributed by atoms with Gasteiger partial charge < -0.3 is 5.32 Å². The number of hydrogen-bond acceptors (Lipinski definition) is 2. The molecule has 2 rings (SSSR count). The molecule has 0 radical (unpaired) electrons. The third-order valence-corrected chi connectivity index (χ3v) is 3.88. The fourth-order valence-corrected chi connectivity index (χ4v) is 3.10.